The van der Waals surface area contributed by atoms with Gasteiger partial charge in [0.2, 0.25) is 5.91 Å². The maximum absolute atomic E-state index is 12.5. The topological polar surface area (TPSA) is 116 Å². The third kappa shape index (κ3) is 4.37. The quantitative estimate of drug-likeness (QED) is 0.768. The highest BCUT2D eigenvalue weighted by Crippen LogP contribution is 2.26. The van der Waals surface area contributed by atoms with Gasteiger partial charge in [0.25, 0.3) is 5.91 Å². The fourth-order valence-corrected chi connectivity index (χ4v) is 3.07. The Bertz CT molecular complexity index is 761. The molecule has 0 bridgehead atoms. The predicted octanol–water partition coefficient (Wildman–Crippen LogP) is 1.85. The van der Waals surface area contributed by atoms with E-state index in [-0.39, 0.29) is 36.0 Å². The van der Waals surface area contributed by atoms with Gasteiger partial charge in [-0.05, 0) is 37.5 Å². The Morgan fingerprint density at radius 2 is 1.96 bits per heavy atom. The average Bonchev–Trinajstić information content (AvgIpc) is 3.05. The molecular weight excluding hydrogens is 342 g/mol. The molecule has 1 saturated carbocycles. The van der Waals surface area contributed by atoms with Gasteiger partial charge in [0.15, 0.2) is 0 Å². The molecule has 8 heteroatoms. The summed E-state index contributed by atoms with van der Waals surface area (Å²) in [6.07, 6.45) is 5.16. The van der Waals surface area contributed by atoms with E-state index in [9.17, 15) is 9.59 Å². The van der Waals surface area contributed by atoms with E-state index < -0.39 is 5.91 Å². The van der Waals surface area contributed by atoms with Crippen molar-refractivity contribution in [2.24, 2.45) is 17.4 Å². The summed E-state index contributed by atoms with van der Waals surface area (Å²) in [5.41, 5.74) is 12.7. The second-order valence-corrected chi connectivity index (χ2v) is 6.14. The van der Waals surface area contributed by atoms with Crippen molar-refractivity contribution in [3.05, 3.63) is 42.2 Å². The number of para-hydroxylation sites is 2. The maximum Gasteiger partial charge on any atom is 0.269 e. The lowest BCUT2D eigenvalue weighted by atomic mass is 9.85. The number of hydrogen-bond acceptors (Lipinski definition) is 4. The molecule has 3 rings (SSSR count). The van der Waals surface area contributed by atoms with E-state index in [1.54, 1.807) is 12.3 Å². The fourth-order valence-electron chi connectivity index (χ4n) is 3.07. The number of carbonyl (C=O) groups excluding carboxylic acids is 2. The van der Waals surface area contributed by atoms with Crippen LogP contribution in [0.3, 0.4) is 0 Å². The lowest BCUT2D eigenvalue weighted by Gasteiger charge is -2.26. The van der Waals surface area contributed by atoms with Crippen LogP contribution in [-0.4, -0.2) is 27.6 Å². The lowest BCUT2D eigenvalue weighted by molar-refractivity contribution is -0.120. The minimum Gasteiger partial charge on any atom is -0.364 e. The van der Waals surface area contributed by atoms with E-state index >= 15 is 0 Å². The number of rotatable bonds is 4. The number of amides is 2. The summed E-state index contributed by atoms with van der Waals surface area (Å²) in [7, 11) is 0. The van der Waals surface area contributed by atoms with Crippen LogP contribution >= 0.6 is 12.4 Å². The minimum atomic E-state index is -0.591. The van der Waals surface area contributed by atoms with Crippen LogP contribution < -0.4 is 16.8 Å². The molecule has 0 saturated heterocycles. The molecule has 1 fully saturated rings. The Morgan fingerprint density at radius 3 is 2.64 bits per heavy atom. The molecule has 1 aliphatic rings. The molecule has 1 aliphatic carbocycles. The molecular formula is C17H22ClN5O2. The van der Waals surface area contributed by atoms with Crippen LogP contribution in [0.25, 0.3) is 5.69 Å². The smallest absolute Gasteiger partial charge is 0.269 e. The Kier molecular flexibility index (Phi) is 6.17. The van der Waals surface area contributed by atoms with Crippen LogP contribution in [0.2, 0.25) is 0 Å². The highest BCUT2D eigenvalue weighted by molar-refractivity contribution is 5.94. The van der Waals surface area contributed by atoms with Crippen molar-refractivity contribution in [2.45, 2.75) is 31.7 Å². The summed E-state index contributed by atoms with van der Waals surface area (Å²) in [5.74, 6) is -0.688. The van der Waals surface area contributed by atoms with Crippen LogP contribution in [0.5, 0.6) is 0 Å². The molecule has 2 unspecified atom stereocenters. The number of nitrogens with zero attached hydrogens (tertiary/aromatic N) is 2. The van der Waals surface area contributed by atoms with Crippen LogP contribution in [0, 0.1) is 5.92 Å². The Morgan fingerprint density at radius 1 is 1.20 bits per heavy atom. The Balaban J connectivity index is 0.00000225. The highest BCUT2D eigenvalue weighted by atomic mass is 35.5. The number of benzene rings is 1. The van der Waals surface area contributed by atoms with Gasteiger partial charge in [0.1, 0.15) is 5.69 Å². The van der Waals surface area contributed by atoms with Gasteiger partial charge in [-0.3, -0.25) is 9.59 Å². The number of nitrogens with one attached hydrogen (secondary N) is 1. The number of hydrogen-bond donors (Lipinski definition) is 3. The van der Waals surface area contributed by atoms with Gasteiger partial charge in [-0.2, -0.15) is 5.10 Å². The zero-order chi connectivity index (χ0) is 17.1. The van der Waals surface area contributed by atoms with Crippen LogP contribution in [0.4, 0.5) is 5.69 Å². The van der Waals surface area contributed by atoms with Crippen LogP contribution in [0.1, 0.15) is 36.2 Å². The number of primary amides is 1. The minimum absolute atomic E-state index is 0. The summed E-state index contributed by atoms with van der Waals surface area (Å²) in [5, 5.41) is 7.11. The molecule has 0 aliphatic heterocycles. The first-order valence-corrected chi connectivity index (χ1v) is 8.06. The van der Waals surface area contributed by atoms with E-state index in [0.29, 0.717) is 17.8 Å². The number of aromatic nitrogens is 2. The van der Waals surface area contributed by atoms with Gasteiger partial charge < -0.3 is 16.8 Å². The van der Waals surface area contributed by atoms with Crippen LogP contribution in [-0.2, 0) is 4.79 Å². The summed E-state index contributed by atoms with van der Waals surface area (Å²) in [6, 6.07) is 8.94. The van der Waals surface area contributed by atoms with Gasteiger partial charge in [-0.15, -0.1) is 12.4 Å². The van der Waals surface area contributed by atoms with Gasteiger partial charge >= 0.3 is 0 Å². The van der Waals surface area contributed by atoms with Crippen molar-refractivity contribution in [1.29, 1.82) is 0 Å². The third-order valence-corrected chi connectivity index (χ3v) is 4.34. The van der Waals surface area contributed by atoms with Crippen LogP contribution in [0.15, 0.2) is 36.5 Å². The molecule has 0 spiro atoms. The standard InChI is InChI=1S/C17H21N5O2.ClH/c18-12-5-3-4-11(10-12)17(24)20-13-6-1-2-7-15(13)22-9-8-14(21-22)16(19)23;/h1-2,6-9,11-12H,3-5,10,18H2,(H2,19,23)(H,20,24);1H. The molecule has 25 heavy (non-hydrogen) atoms. The molecule has 7 nitrogen and oxygen atoms in total. The SMILES string of the molecule is Cl.NC(=O)c1ccn(-c2ccccc2NC(=O)C2CCCC(N)C2)n1. The first kappa shape index (κ1) is 19.0. The molecule has 5 N–H and O–H groups in total. The number of carbonyl (C=O) groups is 2. The van der Waals surface area contributed by atoms with Crippen molar-refractivity contribution in [2.75, 3.05) is 5.32 Å². The number of anilines is 1. The van der Waals surface area contributed by atoms with Gasteiger partial charge in [0, 0.05) is 18.2 Å². The third-order valence-electron chi connectivity index (χ3n) is 4.34. The zero-order valence-electron chi connectivity index (χ0n) is 13.7. The second kappa shape index (κ2) is 8.13. The summed E-state index contributed by atoms with van der Waals surface area (Å²) < 4.78 is 1.53. The molecule has 2 aromatic rings. The van der Waals surface area contributed by atoms with Gasteiger partial charge in [0.05, 0.1) is 11.4 Å². The molecule has 0 radical (unpaired) electrons. The van der Waals surface area contributed by atoms with E-state index in [0.717, 1.165) is 19.3 Å². The molecule has 1 heterocycles. The van der Waals surface area contributed by atoms with E-state index in [4.69, 9.17) is 11.5 Å². The van der Waals surface area contributed by atoms with Crippen molar-refractivity contribution in [3.63, 3.8) is 0 Å². The van der Waals surface area contributed by atoms with Crippen molar-refractivity contribution < 1.29 is 9.59 Å². The second-order valence-electron chi connectivity index (χ2n) is 6.14. The number of halogens is 1. The molecule has 1 aromatic heterocycles. The normalized spacial score (nSPS) is 19.7. The van der Waals surface area contributed by atoms with Crippen molar-refractivity contribution in [1.82, 2.24) is 9.78 Å². The summed E-state index contributed by atoms with van der Waals surface area (Å²) >= 11 is 0. The largest absolute Gasteiger partial charge is 0.364 e. The first-order chi connectivity index (χ1) is 11.5. The monoisotopic (exact) mass is 363 g/mol. The molecule has 1 aromatic carbocycles. The highest BCUT2D eigenvalue weighted by Gasteiger charge is 2.25. The first-order valence-electron chi connectivity index (χ1n) is 8.06. The average molecular weight is 364 g/mol. The van der Waals surface area contributed by atoms with E-state index in [1.807, 2.05) is 24.3 Å². The predicted molar refractivity (Wildman–Crippen MR) is 97.9 cm³/mol. The van der Waals surface area contributed by atoms with Gasteiger partial charge in [-0.25, -0.2) is 4.68 Å². The lowest BCUT2D eigenvalue weighted by Crippen LogP contribution is -2.34. The van der Waals surface area contributed by atoms with E-state index in [1.165, 1.54) is 4.68 Å². The van der Waals surface area contributed by atoms with Crippen molar-refractivity contribution >= 4 is 29.9 Å². The Hall–Kier alpha value is -2.38. The molecule has 134 valence electrons. The summed E-state index contributed by atoms with van der Waals surface area (Å²) in [6.45, 7) is 0. The van der Waals surface area contributed by atoms with Gasteiger partial charge in [-0.1, -0.05) is 18.6 Å². The fraction of sp³-hybridized carbons (Fsp3) is 0.353. The molecule has 2 atom stereocenters. The van der Waals surface area contributed by atoms with Crippen molar-refractivity contribution in [3.8, 4) is 5.69 Å². The molecule has 2 amide bonds. The Labute approximate surface area is 152 Å². The zero-order valence-corrected chi connectivity index (χ0v) is 14.5. The van der Waals surface area contributed by atoms with E-state index in [2.05, 4.69) is 10.4 Å². The summed E-state index contributed by atoms with van der Waals surface area (Å²) in [4.78, 5) is 23.7. The maximum atomic E-state index is 12.5. The number of nitrogens with two attached hydrogens (primary N) is 2.